The van der Waals surface area contributed by atoms with Crippen LogP contribution in [0.25, 0.3) is 21.8 Å². The zero-order valence-corrected chi connectivity index (χ0v) is 17.8. The van der Waals surface area contributed by atoms with Crippen LogP contribution >= 0.6 is 22.9 Å². The van der Waals surface area contributed by atoms with Crippen LogP contribution in [0.1, 0.15) is 0 Å². The number of ether oxygens (including phenoxy) is 2. The van der Waals surface area contributed by atoms with Crippen LogP contribution in [0.5, 0.6) is 11.5 Å². The molecule has 5 rings (SSSR count). The lowest BCUT2D eigenvalue weighted by atomic mass is 10.1. The van der Waals surface area contributed by atoms with Crippen molar-refractivity contribution >= 4 is 34.5 Å². The van der Waals surface area contributed by atoms with E-state index in [0.717, 1.165) is 21.8 Å². The fraction of sp³-hybridized carbons (Fsp3) is 0.0833. The quantitative estimate of drug-likeness (QED) is 0.421. The molecule has 154 valence electrons. The molecule has 0 saturated carbocycles. The van der Waals surface area contributed by atoms with Gasteiger partial charge in [-0.1, -0.05) is 54.1 Å². The normalized spacial score (nSPS) is 14.8. The number of hydrogen-bond acceptors (Lipinski definition) is 5. The molecule has 1 aliphatic heterocycles. The van der Waals surface area contributed by atoms with Gasteiger partial charge >= 0.3 is 0 Å². The summed E-state index contributed by atoms with van der Waals surface area (Å²) in [5.74, 6) is 0.949. The minimum atomic E-state index is -0.718. The predicted octanol–water partition coefficient (Wildman–Crippen LogP) is 5.91. The third-order valence-electron chi connectivity index (χ3n) is 4.84. The van der Waals surface area contributed by atoms with E-state index >= 15 is 0 Å². The highest BCUT2D eigenvalue weighted by atomic mass is 35.5. The molecule has 5 nitrogen and oxygen atoms in total. The Morgan fingerprint density at radius 2 is 1.84 bits per heavy atom. The molecule has 0 bridgehead atoms. The molecular formula is C24H17ClN2O3S. The lowest BCUT2D eigenvalue weighted by Gasteiger charge is -2.25. The molecule has 1 aromatic heterocycles. The van der Waals surface area contributed by atoms with Crippen LogP contribution in [-0.4, -0.2) is 23.6 Å². The molecule has 0 fully saturated rings. The van der Waals surface area contributed by atoms with Crippen molar-refractivity contribution in [3.8, 4) is 33.3 Å². The van der Waals surface area contributed by atoms with Gasteiger partial charge < -0.3 is 14.8 Å². The first-order chi connectivity index (χ1) is 15.2. The predicted molar refractivity (Wildman–Crippen MR) is 123 cm³/mol. The Kier molecular flexibility index (Phi) is 5.32. The number of halogens is 1. The monoisotopic (exact) mass is 448 g/mol. The zero-order valence-electron chi connectivity index (χ0n) is 16.2. The first kappa shape index (κ1) is 19.6. The number of carbonyl (C=O) groups excluding carboxylic acids is 1. The van der Waals surface area contributed by atoms with Crippen LogP contribution in [0.4, 0.5) is 5.69 Å². The summed E-state index contributed by atoms with van der Waals surface area (Å²) in [7, 11) is 0. The van der Waals surface area contributed by atoms with Gasteiger partial charge in [-0.3, -0.25) is 4.79 Å². The van der Waals surface area contributed by atoms with E-state index in [2.05, 4.69) is 5.32 Å². The van der Waals surface area contributed by atoms with Crippen molar-refractivity contribution in [1.29, 1.82) is 0 Å². The van der Waals surface area contributed by atoms with Gasteiger partial charge in [-0.05, 0) is 30.3 Å². The summed E-state index contributed by atoms with van der Waals surface area (Å²) in [6, 6.07) is 22.5. The topological polar surface area (TPSA) is 60.5 Å². The molecule has 1 N–H and O–H groups in total. The smallest absolute Gasteiger partial charge is 0.269 e. The number of hydrogen-bond donors (Lipinski definition) is 1. The standard InChI is InChI=1S/C24H17ClN2O3S/c25-18-9-2-1-8-17(18)24-27-19(14-31-24)15-6-5-7-16(12-15)26-23(28)22-13-29-20-10-3-4-11-21(20)30-22/h1-12,14,22H,13H2,(H,26,28). The first-order valence-corrected chi connectivity index (χ1v) is 10.9. The van der Waals surface area contributed by atoms with Crippen molar-refractivity contribution in [3.63, 3.8) is 0 Å². The van der Waals surface area contributed by atoms with Crippen molar-refractivity contribution in [2.75, 3.05) is 11.9 Å². The molecule has 31 heavy (non-hydrogen) atoms. The minimum absolute atomic E-state index is 0.163. The maximum Gasteiger partial charge on any atom is 0.269 e. The zero-order chi connectivity index (χ0) is 21.2. The van der Waals surface area contributed by atoms with Gasteiger partial charge in [0.25, 0.3) is 5.91 Å². The Morgan fingerprint density at radius 1 is 1.03 bits per heavy atom. The number of amides is 1. The van der Waals surface area contributed by atoms with E-state index in [4.69, 9.17) is 26.1 Å². The van der Waals surface area contributed by atoms with E-state index in [0.29, 0.717) is 22.2 Å². The SMILES string of the molecule is O=C(Nc1cccc(-c2csc(-c3ccccc3Cl)n2)c1)C1COc2ccccc2O1. The van der Waals surface area contributed by atoms with Crippen molar-refractivity contribution < 1.29 is 14.3 Å². The van der Waals surface area contributed by atoms with Crippen LogP contribution < -0.4 is 14.8 Å². The lowest BCUT2D eigenvalue weighted by molar-refractivity contribution is -0.125. The molecule has 0 radical (unpaired) electrons. The maximum atomic E-state index is 12.7. The van der Waals surface area contributed by atoms with Gasteiger partial charge in [0, 0.05) is 22.2 Å². The minimum Gasteiger partial charge on any atom is -0.485 e. The molecule has 4 aromatic rings. The highest BCUT2D eigenvalue weighted by molar-refractivity contribution is 7.13. The second-order valence-corrected chi connectivity index (χ2v) is 8.22. The first-order valence-electron chi connectivity index (χ1n) is 9.67. The Hall–Kier alpha value is -3.35. The second kappa shape index (κ2) is 8.41. The molecule has 7 heteroatoms. The van der Waals surface area contributed by atoms with Gasteiger partial charge in [0.05, 0.1) is 10.7 Å². The summed E-state index contributed by atoms with van der Waals surface area (Å²) in [5.41, 5.74) is 3.29. The third-order valence-corrected chi connectivity index (χ3v) is 6.04. The van der Waals surface area contributed by atoms with E-state index < -0.39 is 6.10 Å². The number of rotatable bonds is 4. The van der Waals surface area contributed by atoms with E-state index in [1.165, 1.54) is 11.3 Å². The summed E-state index contributed by atoms with van der Waals surface area (Å²) in [6.45, 7) is 0.163. The molecule has 1 atom stereocenters. The highest BCUT2D eigenvalue weighted by Gasteiger charge is 2.27. The van der Waals surface area contributed by atoms with Gasteiger partial charge in [0.2, 0.25) is 6.10 Å². The van der Waals surface area contributed by atoms with Crippen LogP contribution in [0.3, 0.4) is 0 Å². The molecular weight excluding hydrogens is 432 g/mol. The number of nitrogens with zero attached hydrogens (tertiary/aromatic N) is 1. The van der Waals surface area contributed by atoms with Crippen molar-refractivity contribution in [3.05, 3.63) is 83.2 Å². The Balaban J connectivity index is 1.32. The van der Waals surface area contributed by atoms with Crippen LogP contribution in [0.2, 0.25) is 5.02 Å². The van der Waals surface area contributed by atoms with Gasteiger partial charge in [-0.15, -0.1) is 11.3 Å². The van der Waals surface area contributed by atoms with Gasteiger partial charge in [0.1, 0.15) is 11.6 Å². The molecule has 1 unspecified atom stereocenters. The second-order valence-electron chi connectivity index (χ2n) is 6.95. The summed E-state index contributed by atoms with van der Waals surface area (Å²) < 4.78 is 11.4. The summed E-state index contributed by atoms with van der Waals surface area (Å²) >= 11 is 7.83. The molecule has 1 aliphatic rings. The van der Waals surface area contributed by atoms with E-state index in [1.54, 1.807) is 6.07 Å². The fourth-order valence-electron chi connectivity index (χ4n) is 3.29. The Bertz CT molecular complexity index is 1260. The van der Waals surface area contributed by atoms with Crippen LogP contribution in [0.15, 0.2) is 78.2 Å². The van der Waals surface area contributed by atoms with Crippen LogP contribution in [0, 0.1) is 0 Å². The lowest BCUT2D eigenvalue weighted by Crippen LogP contribution is -2.40. The highest BCUT2D eigenvalue weighted by Crippen LogP contribution is 2.34. The average molecular weight is 449 g/mol. The van der Waals surface area contributed by atoms with Crippen molar-refractivity contribution in [2.24, 2.45) is 0 Å². The molecule has 0 saturated heterocycles. The largest absolute Gasteiger partial charge is 0.485 e. The molecule has 0 aliphatic carbocycles. The van der Waals surface area contributed by atoms with Crippen molar-refractivity contribution in [1.82, 2.24) is 4.98 Å². The maximum absolute atomic E-state index is 12.7. The summed E-state index contributed by atoms with van der Waals surface area (Å²) in [4.78, 5) is 17.4. The molecule has 1 amide bonds. The number of benzene rings is 3. The number of anilines is 1. The Morgan fingerprint density at radius 3 is 2.71 bits per heavy atom. The Labute approximate surface area is 188 Å². The van der Waals surface area contributed by atoms with E-state index in [-0.39, 0.29) is 12.5 Å². The molecule has 0 spiro atoms. The number of para-hydroxylation sites is 2. The third kappa shape index (κ3) is 4.13. The van der Waals surface area contributed by atoms with E-state index in [1.807, 2.05) is 72.1 Å². The van der Waals surface area contributed by atoms with E-state index in [9.17, 15) is 4.79 Å². The van der Waals surface area contributed by atoms with Gasteiger partial charge in [-0.25, -0.2) is 4.98 Å². The number of nitrogens with one attached hydrogen (secondary N) is 1. The number of thiazole rings is 1. The molecule has 3 aromatic carbocycles. The average Bonchev–Trinajstić information content (AvgIpc) is 3.29. The number of aromatic nitrogens is 1. The van der Waals surface area contributed by atoms with Gasteiger partial charge in [0.15, 0.2) is 11.5 Å². The molecule has 2 heterocycles. The van der Waals surface area contributed by atoms with Gasteiger partial charge in [-0.2, -0.15) is 0 Å². The van der Waals surface area contributed by atoms with Crippen molar-refractivity contribution in [2.45, 2.75) is 6.10 Å². The number of fused-ring (bicyclic) bond motifs is 1. The summed E-state index contributed by atoms with van der Waals surface area (Å²) in [6.07, 6.45) is -0.718. The van der Waals surface area contributed by atoms with Crippen LogP contribution in [-0.2, 0) is 4.79 Å². The fourth-order valence-corrected chi connectivity index (χ4v) is 4.44. The summed E-state index contributed by atoms with van der Waals surface area (Å²) in [5, 5.41) is 6.41. The number of carbonyl (C=O) groups is 1.